The number of hydrogen-bond acceptors (Lipinski definition) is 3. The van der Waals surface area contributed by atoms with Gasteiger partial charge in [0.25, 0.3) is 0 Å². The van der Waals surface area contributed by atoms with Gasteiger partial charge in [-0.25, -0.2) is 13.1 Å². The monoisotopic (exact) mass is 330 g/mol. The summed E-state index contributed by atoms with van der Waals surface area (Å²) in [5, 5.41) is 0. The Morgan fingerprint density at radius 2 is 2.00 bits per heavy atom. The molecule has 1 aromatic carbocycles. The molecule has 21 heavy (non-hydrogen) atoms. The van der Waals surface area contributed by atoms with Gasteiger partial charge in [0.2, 0.25) is 10.0 Å². The fourth-order valence-electron chi connectivity index (χ4n) is 2.60. The predicted molar refractivity (Wildman–Crippen MR) is 88.7 cm³/mol. The Kier molecular flexibility index (Phi) is 6.33. The number of nitrogens with one attached hydrogen (secondary N) is 1. The van der Waals surface area contributed by atoms with Crippen LogP contribution < -0.4 is 9.62 Å². The summed E-state index contributed by atoms with van der Waals surface area (Å²) in [5.41, 5.74) is 2.68. The van der Waals surface area contributed by atoms with E-state index >= 15 is 0 Å². The lowest BCUT2D eigenvalue weighted by Crippen LogP contribution is -2.30. The van der Waals surface area contributed by atoms with Crippen molar-refractivity contribution < 1.29 is 8.42 Å². The standard InChI is InChI=1S/C15H23ClN2O2S/c16-9-3-4-13-21(19,20)17-10-5-11-18-12-8-14-6-1-2-7-15(14)18/h1-2,6-7,17H,3-5,8-13H2. The molecule has 2 rings (SSSR count). The average molecular weight is 331 g/mol. The van der Waals surface area contributed by atoms with Gasteiger partial charge in [0.05, 0.1) is 5.75 Å². The molecular formula is C15H23ClN2O2S. The van der Waals surface area contributed by atoms with Crippen LogP contribution in [-0.4, -0.2) is 39.7 Å². The van der Waals surface area contributed by atoms with Gasteiger partial charge in [0.15, 0.2) is 0 Å². The molecule has 118 valence electrons. The van der Waals surface area contributed by atoms with Crippen molar-refractivity contribution in [3.63, 3.8) is 0 Å². The van der Waals surface area contributed by atoms with E-state index < -0.39 is 10.0 Å². The van der Waals surface area contributed by atoms with E-state index in [-0.39, 0.29) is 5.75 Å². The van der Waals surface area contributed by atoms with Crippen LogP contribution in [0.4, 0.5) is 5.69 Å². The van der Waals surface area contributed by atoms with Crippen LogP contribution in [0.25, 0.3) is 0 Å². The second-order valence-corrected chi connectivity index (χ2v) is 7.63. The van der Waals surface area contributed by atoms with Crippen LogP contribution >= 0.6 is 11.6 Å². The second-order valence-electron chi connectivity index (χ2n) is 5.33. The van der Waals surface area contributed by atoms with Crippen molar-refractivity contribution in [1.29, 1.82) is 0 Å². The highest BCUT2D eigenvalue weighted by Crippen LogP contribution is 2.27. The number of hydrogen-bond donors (Lipinski definition) is 1. The number of unbranched alkanes of at least 4 members (excludes halogenated alkanes) is 1. The third kappa shape index (κ3) is 5.16. The molecule has 1 aromatic rings. The smallest absolute Gasteiger partial charge is 0.211 e. The maximum absolute atomic E-state index is 11.7. The normalized spacial score (nSPS) is 14.4. The van der Waals surface area contributed by atoms with Crippen molar-refractivity contribution >= 4 is 27.3 Å². The van der Waals surface area contributed by atoms with Crippen LogP contribution in [-0.2, 0) is 16.4 Å². The van der Waals surface area contributed by atoms with Gasteiger partial charge in [-0.3, -0.25) is 0 Å². The summed E-state index contributed by atoms with van der Waals surface area (Å²) in [4.78, 5) is 2.33. The topological polar surface area (TPSA) is 49.4 Å². The molecule has 0 fully saturated rings. The number of sulfonamides is 1. The molecule has 0 unspecified atom stereocenters. The van der Waals surface area contributed by atoms with E-state index in [1.54, 1.807) is 0 Å². The van der Waals surface area contributed by atoms with E-state index in [1.807, 2.05) is 0 Å². The molecule has 1 aliphatic rings. The van der Waals surface area contributed by atoms with E-state index in [2.05, 4.69) is 33.9 Å². The first-order chi connectivity index (χ1) is 10.1. The lowest BCUT2D eigenvalue weighted by Gasteiger charge is -2.19. The van der Waals surface area contributed by atoms with Gasteiger partial charge in [-0.05, 0) is 37.3 Å². The first kappa shape index (κ1) is 16.6. The van der Waals surface area contributed by atoms with Crippen LogP contribution in [0.2, 0.25) is 0 Å². The summed E-state index contributed by atoms with van der Waals surface area (Å²) in [6.45, 7) is 2.42. The van der Waals surface area contributed by atoms with Crippen LogP contribution in [0.3, 0.4) is 0 Å². The molecule has 1 aliphatic heterocycles. The molecule has 6 heteroatoms. The largest absolute Gasteiger partial charge is 0.371 e. The van der Waals surface area contributed by atoms with Crippen molar-refractivity contribution in [1.82, 2.24) is 4.72 Å². The van der Waals surface area contributed by atoms with Gasteiger partial charge < -0.3 is 4.90 Å². The van der Waals surface area contributed by atoms with E-state index in [1.165, 1.54) is 11.3 Å². The summed E-state index contributed by atoms with van der Waals surface area (Å²) in [7, 11) is -3.14. The molecule has 0 atom stereocenters. The zero-order chi connectivity index (χ0) is 15.1. The van der Waals surface area contributed by atoms with Gasteiger partial charge in [-0.1, -0.05) is 18.2 Å². The van der Waals surface area contributed by atoms with Gasteiger partial charge >= 0.3 is 0 Å². The number of anilines is 1. The lowest BCUT2D eigenvalue weighted by atomic mass is 10.2. The number of fused-ring (bicyclic) bond motifs is 1. The van der Waals surface area contributed by atoms with Crippen LogP contribution in [0.1, 0.15) is 24.8 Å². The first-order valence-electron chi connectivity index (χ1n) is 7.48. The number of benzene rings is 1. The number of rotatable bonds is 9. The Balaban J connectivity index is 1.69. The van der Waals surface area contributed by atoms with Crippen molar-refractivity contribution in [2.24, 2.45) is 0 Å². The predicted octanol–water partition coefficient (Wildman–Crippen LogP) is 2.38. The molecular weight excluding hydrogens is 308 g/mol. The van der Waals surface area contributed by atoms with E-state index in [4.69, 9.17) is 11.6 Å². The zero-order valence-electron chi connectivity index (χ0n) is 12.2. The summed E-state index contributed by atoms with van der Waals surface area (Å²) >= 11 is 5.55. The minimum atomic E-state index is -3.14. The van der Waals surface area contributed by atoms with Crippen molar-refractivity contribution in [3.05, 3.63) is 29.8 Å². The SMILES string of the molecule is O=S(=O)(CCCCCl)NCCCN1CCc2ccccc21. The van der Waals surface area contributed by atoms with Crippen molar-refractivity contribution in [3.8, 4) is 0 Å². The molecule has 1 heterocycles. The summed E-state index contributed by atoms with van der Waals surface area (Å²) in [6, 6.07) is 8.42. The Morgan fingerprint density at radius 3 is 2.81 bits per heavy atom. The third-order valence-corrected chi connectivity index (χ3v) is 5.44. The van der Waals surface area contributed by atoms with Crippen LogP contribution in [0.5, 0.6) is 0 Å². The van der Waals surface area contributed by atoms with E-state index in [0.29, 0.717) is 18.8 Å². The Hall–Kier alpha value is -0.780. The van der Waals surface area contributed by atoms with Crippen LogP contribution in [0, 0.1) is 0 Å². The highest BCUT2D eigenvalue weighted by atomic mass is 35.5. The van der Waals surface area contributed by atoms with Crippen LogP contribution in [0.15, 0.2) is 24.3 Å². The second kappa shape index (κ2) is 8.01. The minimum Gasteiger partial charge on any atom is -0.371 e. The quantitative estimate of drug-likeness (QED) is 0.558. The summed E-state index contributed by atoms with van der Waals surface area (Å²) < 4.78 is 26.1. The maximum atomic E-state index is 11.7. The number of halogens is 1. The highest BCUT2D eigenvalue weighted by Gasteiger charge is 2.17. The minimum absolute atomic E-state index is 0.173. The third-order valence-electron chi connectivity index (χ3n) is 3.71. The van der Waals surface area contributed by atoms with Gasteiger partial charge in [0, 0.05) is 31.2 Å². The Labute approximate surface area is 132 Å². The number of nitrogens with zero attached hydrogens (tertiary/aromatic N) is 1. The summed E-state index contributed by atoms with van der Waals surface area (Å²) in [5.74, 6) is 0.691. The molecule has 0 amide bonds. The van der Waals surface area contributed by atoms with Gasteiger partial charge in [0.1, 0.15) is 0 Å². The molecule has 0 bridgehead atoms. The lowest BCUT2D eigenvalue weighted by molar-refractivity contribution is 0.575. The van der Waals surface area contributed by atoms with Gasteiger partial charge in [-0.15, -0.1) is 11.6 Å². The average Bonchev–Trinajstić information content (AvgIpc) is 2.87. The molecule has 4 nitrogen and oxygen atoms in total. The maximum Gasteiger partial charge on any atom is 0.211 e. The fourth-order valence-corrected chi connectivity index (χ4v) is 3.97. The number of para-hydroxylation sites is 1. The highest BCUT2D eigenvalue weighted by molar-refractivity contribution is 7.89. The molecule has 1 N–H and O–H groups in total. The first-order valence-corrected chi connectivity index (χ1v) is 9.67. The molecule has 0 aliphatic carbocycles. The fraction of sp³-hybridized carbons (Fsp3) is 0.600. The van der Waals surface area contributed by atoms with Crippen molar-refractivity contribution in [2.75, 3.05) is 36.2 Å². The van der Waals surface area contributed by atoms with Gasteiger partial charge in [-0.2, -0.15) is 0 Å². The molecule has 0 saturated carbocycles. The summed E-state index contributed by atoms with van der Waals surface area (Å²) in [6.07, 6.45) is 3.27. The molecule has 0 saturated heterocycles. The molecule has 0 spiro atoms. The van der Waals surface area contributed by atoms with E-state index in [0.717, 1.165) is 32.4 Å². The Bertz CT molecular complexity index is 548. The van der Waals surface area contributed by atoms with E-state index in [9.17, 15) is 8.42 Å². The number of alkyl halides is 1. The molecule has 0 aromatic heterocycles. The van der Waals surface area contributed by atoms with Crippen molar-refractivity contribution in [2.45, 2.75) is 25.7 Å². The zero-order valence-corrected chi connectivity index (χ0v) is 13.8. The molecule has 0 radical (unpaired) electrons. The Morgan fingerprint density at radius 1 is 1.19 bits per heavy atom.